The number of hydrogen-bond acceptors (Lipinski definition) is 5. The Kier molecular flexibility index (Phi) is 4.45. The third-order valence-electron chi connectivity index (χ3n) is 4.78. The van der Waals surface area contributed by atoms with Gasteiger partial charge in [0.05, 0.1) is 11.3 Å². The van der Waals surface area contributed by atoms with Crippen LogP contribution in [0.4, 0.5) is 11.4 Å². The molecular weight excluding hydrogens is 420 g/mol. The van der Waals surface area contributed by atoms with Crippen molar-refractivity contribution in [3.05, 3.63) is 93.3 Å². The van der Waals surface area contributed by atoms with Crippen LogP contribution in [0.3, 0.4) is 0 Å². The summed E-state index contributed by atoms with van der Waals surface area (Å²) in [7, 11) is 0. The number of fused-ring (bicyclic) bond motifs is 3. The Bertz CT molecular complexity index is 1440. The number of hydrogen-bond donors (Lipinski definition) is 2. The molecule has 3 aromatic carbocycles. The molecule has 2 N–H and O–H groups in total. The monoisotopic (exact) mass is 432 g/mol. The van der Waals surface area contributed by atoms with Crippen molar-refractivity contribution in [3.63, 3.8) is 0 Å². The highest BCUT2D eigenvalue weighted by Crippen LogP contribution is 2.38. The summed E-state index contributed by atoms with van der Waals surface area (Å²) in [6.45, 7) is 0. The maximum absolute atomic E-state index is 12.7. The lowest BCUT2D eigenvalue weighted by atomic mass is 10.1. The molecule has 0 spiro atoms. The fourth-order valence-electron chi connectivity index (χ4n) is 3.29. The lowest BCUT2D eigenvalue weighted by Crippen LogP contribution is -2.21. The molecule has 4 aromatic rings. The maximum atomic E-state index is 12.7. The van der Waals surface area contributed by atoms with Crippen molar-refractivity contribution in [2.75, 3.05) is 10.6 Å². The number of rotatable bonds is 2. The fourth-order valence-corrected chi connectivity index (χ4v) is 3.46. The summed E-state index contributed by atoms with van der Waals surface area (Å²) in [5.74, 6) is -0.300. The SMILES string of the molecule is O=C1Nc2cc(Cl)ccc2Oc2ccc(NC(=O)c3cc4ccccc4oc3=O)cc21. The molecule has 8 heteroatoms. The second-order valence-corrected chi connectivity index (χ2v) is 7.28. The lowest BCUT2D eigenvalue weighted by molar-refractivity contribution is 0.101. The van der Waals surface area contributed by atoms with Crippen LogP contribution in [-0.4, -0.2) is 11.8 Å². The first-order valence-electron chi connectivity index (χ1n) is 9.25. The minimum absolute atomic E-state index is 0.142. The molecule has 0 saturated carbocycles. The van der Waals surface area contributed by atoms with E-state index in [0.717, 1.165) is 0 Å². The van der Waals surface area contributed by atoms with Crippen molar-refractivity contribution in [1.29, 1.82) is 0 Å². The molecule has 0 saturated heterocycles. The maximum Gasteiger partial charge on any atom is 0.349 e. The first-order chi connectivity index (χ1) is 15.0. The highest BCUT2D eigenvalue weighted by Gasteiger charge is 2.22. The van der Waals surface area contributed by atoms with Gasteiger partial charge in [0.1, 0.15) is 16.9 Å². The Morgan fingerprint density at radius 1 is 0.935 bits per heavy atom. The van der Waals surface area contributed by atoms with Gasteiger partial charge >= 0.3 is 5.63 Å². The largest absolute Gasteiger partial charge is 0.454 e. The predicted molar refractivity (Wildman–Crippen MR) is 116 cm³/mol. The Morgan fingerprint density at radius 2 is 1.74 bits per heavy atom. The molecule has 152 valence electrons. The van der Waals surface area contributed by atoms with Gasteiger partial charge in [-0.1, -0.05) is 29.8 Å². The summed E-state index contributed by atoms with van der Waals surface area (Å²) in [6.07, 6.45) is 0. The number of carbonyl (C=O) groups excluding carboxylic acids is 2. The van der Waals surface area contributed by atoms with Gasteiger partial charge in [-0.15, -0.1) is 0 Å². The third kappa shape index (κ3) is 3.51. The van der Waals surface area contributed by atoms with Gasteiger partial charge in [0.25, 0.3) is 11.8 Å². The van der Waals surface area contributed by atoms with E-state index in [2.05, 4.69) is 10.6 Å². The molecule has 0 atom stereocenters. The summed E-state index contributed by atoms with van der Waals surface area (Å²) >= 11 is 5.99. The van der Waals surface area contributed by atoms with Gasteiger partial charge in [0, 0.05) is 16.1 Å². The van der Waals surface area contributed by atoms with E-state index in [4.69, 9.17) is 20.8 Å². The number of nitrogens with one attached hydrogen (secondary N) is 2. The summed E-state index contributed by atoms with van der Waals surface area (Å²) in [6, 6.07) is 17.9. The first-order valence-corrected chi connectivity index (χ1v) is 9.63. The molecule has 0 unspecified atom stereocenters. The Morgan fingerprint density at radius 3 is 2.61 bits per heavy atom. The van der Waals surface area contributed by atoms with Gasteiger partial charge in [0.2, 0.25) is 0 Å². The van der Waals surface area contributed by atoms with Crippen molar-refractivity contribution in [2.45, 2.75) is 0 Å². The molecule has 0 fully saturated rings. The van der Waals surface area contributed by atoms with E-state index in [1.807, 2.05) is 0 Å². The molecule has 2 amide bonds. The second kappa shape index (κ2) is 7.30. The van der Waals surface area contributed by atoms with Crippen LogP contribution in [0.2, 0.25) is 5.02 Å². The number of carbonyl (C=O) groups is 2. The molecule has 0 aliphatic carbocycles. The molecular formula is C23H13ClN2O5. The Balaban J connectivity index is 1.46. The minimum Gasteiger partial charge on any atom is -0.454 e. The number of anilines is 2. The van der Waals surface area contributed by atoms with E-state index >= 15 is 0 Å². The Hall–Kier alpha value is -4.10. The predicted octanol–water partition coefficient (Wildman–Crippen LogP) is 5.06. The van der Waals surface area contributed by atoms with Crippen LogP contribution in [0.15, 0.2) is 75.9 Å². The molecule has 2 heterocycles. The van der Waals surface area contributed by atoms with Gasteiger partial charge < -0.3 is 19.8 Å². The summed E-state index contributed by atoms with van der Waals surface area (Å²) < 4.78 is 11.0. The molecule has 1 aliphatic rings. The van der Waals surface area contributed by atoms with Crippen LogP contribution in [0.5, 0.6) is 11.5 Å². The third-order valence-corrected chi connectivity index (χ3v) is 5.01. The summed E-state index contributed by atoms with van der Waals surface area (Å²) in [5, 5.41) is 6.44. The molecule has 0 radical (unpaired) electrons. The van der Waals surface area contributed by atoms with Crippen LogP contribution in [0, 0.1) is 0 Å². The van der Waals surface area contributed by atoms with Crippen molar-refractivity contribution in [3.8, 4) is 11.5 Å². The zero-order valence-corrected chi connectivity index (χ0v) is 16.5. The van der Waals surface area contributed by atoms with Gasteiger partial charge in [-0.25, -0.2) is 4.79 Å². The highest BCUT2D eigenvalue weighted by atomic mass is 35.5. The van der Waals surface area contributed by atoms with Crippen LogP contribution in [0.25, 0.3) is 11.0 Å². The molecule has 0 bridgehead atoms. The van der Waals surface area contributed by atoms with Crippen LogP contribution >= 0.6 is 11.6 Å². The molecule has 1 aromatic heterocycles. The average molecular weight is 433 g/mol. The zero-order valence-electron chi connectivity index (χ0n) is 15.8. The van der Waals surface area contributed by atoms with E-state index in [1.165, 1.54) is 12.1 Å². The van der Waals surface area contributed by atoms with E-state index < -0.39 is 17.4 Å². The van der Waals surface area contributed by atoms with E-state index in [0.29, 0.717) is 38.9 Å². The molecule has 7 nitrogen and oxygen atoms in total. The number of para-hydroxylation sites is 1. The van der Waals surface area contributed by atoms with Gasteiger partial charge in [0.15, 0.2) is 5.75 Å². The number of halogens is 1. The van der Waals surface area contributed by atoms with E-state index in [1.54, 1.807) is 54.6 Å². The van der Waals surface area contributed by atoms with Crippen molar-refractivity contribution in [2.24, 2.45) is 0 Å². The molecule has 1 aliphatic heterocycles. The first kappa shape index (κ1) is 18.9. The number of amides is 2. The number of benzene rings is 3. The number of ether oxygens (including phenoxy) is 1. The standard InChI is InChI=1S/C23H13ClN2O5/c24-13-5-7-20-17(10-13)26-21(27)15-11-14(6-8-19(15)30-20)25-22(28)16-9-12-3-1-2-4-18(12)31-23(16)29/h1-11H,(H,25,28)(H,26,27). The van der Waals surface area contributed by atoms with Crippen LogP contribution in [-0.2, 0) is 0 Å². The molecule has 31 heavy (non-hydrogen) atoms. The summed E-state index contributed by atoms with van der Waals surface area (Å²) in [4.78, 5) is 37.6. The van der Waals surface area contributed by atoms with Gasteiger partial charge in [-0.3, -0.25) is 9.59 Å². The zero-order chi connectivity index (χ0) is 21.5. The normalized spacial score (nSPS) is 12.2. The van der Waals surface area contributed by atoms with Gasteiger partial charge in [-0.05, 0) is 48.5 Å². The van der Waals surface area contributed by atoms with Crippen molar-refractivity contribution < 1.29 is 18.7 Å². The molecule has 5 rings (SSSR count). The topological polar surface area (TPSA) is 97.6 Å². The van der Waals surface area contributed by atoms with E-state index in [9.17, 15) is 14.4 Å². The van der Waals surface area contributed by atoms with Gasteiger partial charge in [-0.2, -0.15) is 0 Å². The Labute approximate surface area is 180 Å². The second-order valence-electron chi connectivity index (χ2n) is 6.85. The lowest BCUT2D eigenvalue weighted by Gasteiger charge is -2.10. The quantitative estimate of drug-likeness (QED) is 0.431. The van der Waals surface area contributed by atoms with Crippen molar-refractivity contribution in [1.82, 2.24) is 0 Å². The highest BCUT2D eigenvalue weighted by molar-refractivity contribution is 6.31. The summed E-state index contributed by atoms with van der Waals surface area (Å²) in [5.41, 5.74) is 0.473. The van der Waals surface area contributed by atoms with Crippen LogP contribution < -0.4 is 21.0 Å². The smallest absolute Gasteiger partial charge is 0.349 e. The van der Waals surface area contributed by atoms with Crippen LogP contribution in [0.1, 0.15) is 20.7 Å². The average Bonchev–Trinajstić information content (AvgIpc) is 2.88. The van der Waals surface area contributed by atoms with E-state index in [-0.39, 0.29) is 11.1 Å². The minimum atomic E-state index is -0.751. The fraction of sp³-hybridized carbons (Fsp3) is 0. The van der Waals surface area contributed by atoms with Crippen molar-refractivity contribution >= 4 is 45.8 Å².